The summed E-state index contributed by atoms with van der Waals surface area (Å²) in [6.45, 7) is 1.47. The molecule has 6 nitrogen and oxygen atoms in total. The summed E-state index contributed by atoms with van der Waals surface area (Å²) in [5.74, 6) is 1.03. The zero-order valence-electron chi connectivity index (χ0n) is 15.2. The third kappa shape index (κ3) is 3.35. The Labute approximate surface area is 158 Å². The molecule has 0 aliphatic carbocycles. The van der Waals surface area contributed by atoms with E-state index in [1.165, 1.54) is 0 Å². The molecule has 1 spiro atoms. The van der Waals surface area contributed by atoms with Gasteiger partial charge < -0.3 is 19.7 Å². The second kappa shape index (κ2) is 6.95. The molecule has 2 heterocycles. The van der Waals surface area contributed by atoms with E-state index in [0.717, 1.165) is 12.8 Å². The zero-order chi connectivity index (χ0) is 18.9. The van der Waals surface area contributed by atoms with Crippen LogP contribution >= 0.6 is 0 Å². The molecule has 6 heteroatoms. The fourth-order valence-electron chi connectivity index (χ4n) is 3.79. The highest BCUT2D eigenvalue weighted by molar-refractivity contribution is 5.97. The van der Waals surface area contributed by atoms with Crippen molar-refractivity contribution in [3.8, 4) is 11.5 Å². The first-order valence-corrected chi connectivity index (χ1v) is 9.10. The van der Waals surface area contributed by atoms with E-state index < -0.39 is 5.60 Å². The van der Waals surface area contributed by atoms with Gasteiger partial charge in [-0.25, -0.2) is 0 Å². The topological polar surface area (TPSA) is 67.9 Å². The van der Waals surface area contributed by atoms with Gasteiger partial charge in [-0.15, -0.1) is 0 Å². The summed E-state index contributed by atoms with van der Waals surface area (Å²) in [7, 11) is 1.58. The van der Waals surface area contributed by atoms with Crippen molar-refractivity contribution in [3.63, 3.8) is 0 Å². The first-order valence-electron chi connectivity index (χ1n) is 9.10. The number of nitrogens with one attached hydrogen (secondary N) is 1. The molecule has 2 aliphatic rings. The number of ether oxygens (including phenoxy) is 2. The van der Waals surface area contributed by atoms with Gasteiger partial charge in [-0.2, -0.15) is 0 Å². The largest absolute Gasteiger partial charge is 0.497 e. The second-order valence-electron chi connectivity index (χ2n) is 7.03. The Bertz CT molecular complexity index is 882. The number of amides is 2. The number of nitrogens with zero attached hydrogens (tertiary/aromatic N) is 1. The molecule has 0 bridgehead atoms. The van der Waals surface area contributed by atoms with E-state index in [-0.39, 0.29) is 11.8 Å². The van der Waals surface area contributed by atoms with Crippen LogP contribution in [0.5, 0.6) is 11.5 Å². The summed E-state index contributed by atoms with van der Waals surface area (Å²) in [5, 5.41) is 2.96. The molecule has 0 radical (unpaired) electrons. The van der Waals surface area contributed by atoms with E-state index in [4.69, 9.17) is 9.47 Å². The van der Waals surface area contributed by atoms with Gasteiger partial charge >= 0.3 is 0 Å². The number of hydrogen-bond donors (Lipinski definition) is 1. The van der Waals surface area contributed by atoms with Crippen molar-refractivity contribution in [3.05, 3.63) is 59.7 Å². The minimum atomic E-state index is -0.616. The predicted octanol–water partition coefficient (Wildman–Crippen LogP) is 2.49. The number of rotatable bonds is 2. The summed E-state index contributed by atoms with van der Waals surface area (Å²) >= 11 is 0. The normalized spacial score (nSPS) is 21.7. The van der Waals surface area contributed by atoms with E-state index in [9.17, 15) is 9.59 Å². The molecule has 2 aliphatic heterocycles. The van der Waals surface area contributed by atoms with E-state index in [1.807, 2.05) is 30.3 Å². The Kier molecular flexibility index (Phi) is 4.48. The van der Waals surface area contributed by atoms with Gasteiger partial charge in [0.05, 0.1) is 25.8 Å². The molecule has 2 amide bonds. The number of hydrogen-bond acceptors (Lipinski definition) is 4. The van der Waals surface area contributed by atoms with Gasteiger partial charge in [0.2, 0.25) is 0 Å². The average molecular weight is 366 g/mol. The third-order valence-electron chi connectivity index (χ3n) is 5.17. The first-order chi connectivity index (χ1) is 13.1. The Morgan fingerprint density at radius 2 is 2.07 bits per heavy atom. The van der Waals surface area contributed by atoms with Crippen LogP contribution in [0, 0.1) is 0 Å². The lowest BCUT2D eigenvalue weighted by atomic mass is 9.91. The van der Waals surface area contributed by atoms with Crippen LogP contribution in [-0.4, -0.2) is 49.1 Å². The number of carbonyl (C=O) groups is 2. The van der Waals surface area contributed by atoms with Crippen molar-refractivity contribution in [1.29, 1.82) is 0 Å². The second-order valence-corrected chi connectivity index (χ2v) is 7.03. The van der Waals surface area contributed by atoms with Crippen LogP contribution in [0.1, 0.15) is 33.6 Å². The van der Waals surface area contributed by atoms with Crippen LogP contribution in [0.2, 0.25) is 0 Å². The van der Waals surface area contributed by atoms with Crippen LogP contribution in [-0.2, 0) is 0 Å². The van der Waals surface area contributed by atoms with Crippen LogP contribution < -0.4 is 14.8 Å². The maximum atomic E-state index is 13.0. The van der Waals surface area contributed by atoms with Crippen molar-refractivity contribution in [2.45, 2.75) is 18.4 Å². The smallest absolute Gasteiger partial charge is 0.255 e. The summed E-state index contributed by atoms with van der Waals surface area (Å²) in [5.41, 5.74) is 0.504. The summed E-state index contributed by atoms with van der Waals surface area (Å²) in [6.07, 6.45) is 1.59. The van der Waals surface area contributed by atoms with Crippen LogP contribution in [0.3, 0.4) is 0 Å². The van der Waals surface area contributed by atoms with Gasteiger partial charge in [-0.05, 0) is 43.2 Å². The highest BCUT2D eigenvalue weighted by Crippen LogP contribution is 2.32. The van der Waals surface area contributed by atoms with Crippen LogP contribution in [0.25, 0.3) is 0 Å². The number of para-hydroxylation sites is 1. The number of benzene rings is 2. The van der Waals surface area contributed by atoms with Gasteiger partial charge in [-0.1, -0.05) is 18.2 Å². The fraction of sp³-hybridized carbons (Fsp3) is 0.333. The number of likely N-dealkylation sites (tertiary alicyclic amines) is 1. The summed E-state index contributed by atoms with van der Waals surface area (Å²) in [6, 6.07) is 14.4. The van der Waals surface area contributed by atoms with E-state index in [2.05, 4.69) is 5.32 Å². The molecule has 1 unspecified atom stereocenters. The minimum Gasteiger partial charge on any atom is -0.497 e. The lowest BCUT2D eigenvalue weighted by Crippen LogP contribution is -2.57. The SMILES string of the molecule is COc1cccc(C(=O)N2CCCC3(CNC(=O)c4ccccc4O3)C2)c1. The number of fused-ring (bicyclic) bond motifs is 1. The van der Waals surface area contributed by atoms with Crippen LogP contribution in [0.15, 0.2) is 48.5 Å². The average Bonchev–Trinajstić information content (AvgIpc) is 2.84. The predicted molar refractivity (Wildman–Crippen MR) is 100 cm³/mol. The standard InChI is InChI=1S/C21H22N2O4/c1-26-16-7-4-6-15(12-16)20(25)23-11-5-10-21(14-23)13-22-19(24)17-8-2-3-9-18(17)27-21/h2-4,6-9,12H,5,10-11,13-14H2,1H3,(H,22,24). The molecule has 4 rings (SSSR count). The lowest BCUT2D eigenvalue weighted by Gasteiger charge is -2.42. The maximum Gasteiger partial charge on any atom is 0.255 e. The summed E-state index contributed by atoms with van der Waals surface area (Å²) in [4.78, 5) is 27.2. The quantitative estimate of drug-likeness (QED) is 0.887. The third-order valence-corrected chi connectivity index (χ3v) is 5.17. The maximum absolute atomic E-state index is 13.0. The first kappa shape index (κ1) is 17.4. The molecule has 2 aromatic carbocycles. The molecule has 1 N–H and O–H groups in total. The highest BCUT2D eigenvalue weighted by Gasteiger charge is 2.42. The van der Waals surface area contributed by atoms with E-state index in [0.29, 0.717) is 42.3 Å². The summed E-state index contributed by atoms with van der Waals surface area (Å²) < 4.78 is 11.5. The van der Waals surface area contributed by atoms with E-state index >= 15 is 0 Å². The minimum absolute atomic E-state index is 0.0552. The molecule has 27 heavy (non-hydrogen) atoms. The molecule has 2 aromatic rings. The van der Waals surface area contributed by atoms with Crippen molar-refractivity contribution < 1.29 is 19.1 Å². The van der Waals surface area contributed by atoms with Gasteiger partial charge in [0.25, 0.3) is 11.8 Å². The van der Waals surface area contributed by atoms with Crippen molar-refractivity contribution in [2.75, 3.05) is 26.7 Å². The van der Waals surface area contributed by atoms with E-state index in [1.54, 1.807) is 30.2 Å². The van der Waals surface area contributed by atoms with Gasteiger partial charge in [0.1, 0.15) is 17.1 Å². The van der Waals surface area contributed by atoms with Crippen molar-refractivity contribution in [2.24, 2.45) is 0 Å². The molecular formula is C21H22N2O4. The molecule has 1 saturated heterocycles. The molecule has 0 aromatic heterocycles. The Morgan fingerprint density at radius 1 is 1.22 bits per heavy atom. The monoisotopic (exact) mass is 366 g/mol. The molecule has 1 atom stereocenters. The number of carbonyl (C=O) groups excluding carboxylic acids is 2. The van der Waals surface area contributed by atoms with Gasteiger partial charge in [-0.3, -0.25) is 9.59 Å². The van der Waals surface area contributed by atoms with Crippen molar-refractivity contribution >= 4 is 11.8 Å². The lowest BCUT2D eigenvalue weighted by molar-refractivity contribution is -0.000868. The molecule has 0 saturated carbocycles. The molecule has 140 valence electrons. The fourth-order valence-corrected chi connectivity index (χ4v) is 3.79. The Hall–Kier alpha value is -3.02. The van der Waals surface area contributed by atoms with Gasteiger partial charge in [0.15, 0.2) is 0 Å². The highest BCUT2D eigenvalue weighted by atomic mass is 16.5. The van der Waals surface area contributed by atoms with Crippen LogP contribution in [0.4, 0.5) is 0 Å². The zero-order valence-corrected chi connectivity index (χ0v) is 15.2. The van der Waals surface area contributed by atoms with Gasteiger partial charge in [0, 0.05) is 12.1 Å². The Balaban J connectivity index is 1.59. The number of methoxy groups -OCH3 is 1. The van der Waals surface area contributed by atoms with Crippen molar-refractivity contribution in [1.82, 2.24) is 10.2 Å². The number of piperidine rings is 1. The Morgan fingerprint density at radius 3 is 2.93 bits per heavy atom. The molecule has 1 fully saturated rings. The molecular weight excluding hydrogens is 344 g/mol.